The zero-order chi connectivity index (χ0) is 15.0. The average Bonchev–Trinajstić information content (AvgIpc) is 2.34. The van der Waals surface area contributed by atoms with Gasteiger partial charge < -0.3 is 4.43 Å². The lowest BCUT2D eigenvalue weighted by atomic mass is 9.73. The Labute approximate surface area is 129 Å². The summed E-state index contributed by atoms with van der Waals surface area (Å²) < 4.78 is 6.39. The largest absolute Gasteiger partial charge is 0.547 e. The molecule has 1 aromatic carbocycles. The molecule has 3 heteroatoms. The van der Waals surface area contributed by atoms with Crippen molar-refractivity contribution in [1.82, 2.24) is 0 Å². The van der Waals surface area contributed by atoms with E-state index in [0.717, 1.165) is 23.4 Å². The Balaban J connectivity index is 2.41. The molecular weight excluding hydrogens is 284 g/mol. The Hall–Kier alpha value is -0.733. The Bertz CT molecular complexity index is 530. The predicted octanol–water partition coefficient (Wildman–Crippen LogP) is 5.83. The number of allylic oxidation sites excluding steroid dienone is 2. The van der Waals surface area contributed by atoms with Crippen molar-refractivity contribution in [2.45, 2.75) is 58.2 Å². The van der Waals surface area contributed by atoms with E-state index < -0.39 is 8.32 Å². The summed E-state index contributed by atoms with van der Waals surface area (Å²) in [5.74, 6) is 1.17. The molecule has 1 aliphatic carbocycles. The van der Waals surface area contributed by atoms with Gasteiger partial charge in [-0.1, -0.05) is 23.7 Å². The first-order chi connectivity index (χ1) is 9.22. The van der Waals surface area contributed by atoms with Crippen LogP contribution < -0.4 is 0 Å². The first-order valence-corrected chi connectivity index (χ1v) is 11.2. The summed E-state index contributed by atoms with van der Waals surface area (Å²) in [7, 11) is -1.59. The van der Waals surface area contributed by atoms with Gasteiger partial charge in [-0.15, -0.1) is 0 Å². The Kier molecular flexibility index (Phi) is 4.36. The molecule has 0 heterocycles. The van der Waals surface area contributed by atoms with Gasteiger partial charge in [-0.25, -0.2) is 0 Å². The lowest BCUT2D eigenvalue weighted by Crippen LogP contribution is -2.35. The van der Waals surface area contributed by atoms with Crippen LogP contribution in [-0.4, -0.2) is 8.32 Å². The minimum atomic E-state index is -1.59. The lowest BCUT2D eigenvalue weighted by molar-refractivity contribution is 0.286. The second kappa shape index (κ2) is 5.57. The summed E-state index contributed by atoms with van der Waals surface area (Å²) in [5, 5.41) is 0.838. The van der Waals surface area contributed by atoms with Crippen molar-refractivity contribution in [3.63, 3.8) is 0 Å². The fourth-order valence-electron chi connectivity index (χ4n) is 2.80. The molecule has 20 heavy (non-hydrogen) atoms. The smallest absolute Gasteiger partial charge is 0.241 e. The van der Waals surface area contributed by atoms with Crippen LogP contribution in [0.1, 0.15) is 37.3 Å². The number of hydrogen-bond acceptors (Lipinski definition) is 1. The van der Waals surface area contributed by atoms with Crippen molar-refractivity contribution >= 4 is 19.9 Å². The topological polar surface area (TPSA) is 9.23 Å². The molecule has 0 radical (unpaired) electrons. The maximum Gasteiger partial charge on any atom is 0.241 e. The van der Waals surface area contributed by atoms with E-state index in [4.69, 9.17) is 16.0 Å². The van der Waals surface area contributed by atoms with Crippen molar-refractivity contribution < 1.29 is 4.43 Å². The zero-order valence-electron chi connectivity index (χ0n) is 13.2. The second-order valence-electron chi connectivity index (χ2n) is 6.97. The predicted molar refractivity (Wildman–Crippen MR) is 89.9 cm³/mol. The molecule has 1 nitrogen and oxygen atoms in total. The third kappa shape index (κ3) is 3.29. The Morgan fingerprint density at radius 3 is 2.55 bits per heavy atom. The molecule has 0 saturated carbocycles. The van der Waals surface area contributed by atoms with Gasteiger partial charge in [0.05, 0.1) is 5.76 Å². The summed E-state index contributed by atoms with van der Waals surface area (Å²) in [4.78, 5) is 0. The van der Waals surface area contributed by atoms with Gasteiger partial charge in [-0.05, 0) is 76.0 Å². The van der Waals surface area contributed by atoms with Crippen LogP contribution in [-0.2, 0) is 9.84 Å². The SMILES string of the molecule is Cc1cc(C2(C)CCCC=C2O[Si](C)(C)C)ccc1Cl. The Morgan fingerprint density at radius 1 is 1.25 bits per heavy atom. The highest BCUT2D eigenvalue weighted by Gasteiger charge is 2.36. The fraction of sp³-hybridized carbons (Fsp3) is 0.529. The Morgan fingerprint density at radius 2 is 1.95 bits per heavy atom. The molecule has 0 bridgehead atoms. The van der Waals surface area contributed by atoms with Gasteiger partial charge in [0.25, 0.3) is 0 Å². The van der Waals surface area contributed by atoms with E-state index in [1.165, 1.54) is 17.7 Å². The van der Waals surface area contributed by atoms with Crippen LogP contribution in [0, 0.1) is 6.92 Å². The highest BCUT2D eigenvalue weighted by atomic mass is 35.5. The first kappa shape index (κ1) is 15.7. The van der Waals surface area contributed by atoms with Gasteiger partial charge in [-0.3, -0.25) is 0 Å². The number of hydrogen-bond donors (Lipinski definition) is 0. The maximum absolute atomic E-state index is 6.39. The number of benzene rings is 1. The van der Waals surface area contributed by atoms with Crippen LogP contribution in [0.25, 0.3) is 0 Å². The molecule has 1 atom stereocenters. The van der Waals surface area contributed by atoms with Gasteiger partial charge in [0.1, 0.15) is 0 Å². The third-order valence-electron chi connectivity index (χ3n) is 3.97. The van der Waals surface area contributed by atoms with E-state index in [0.29, 0.717) is 0 Å². The molecule has 0 fully saturated rings. The van der Waals surface area contributed by atoms with Gasteiger partial charge in [0.2, 0.25) is 8.32 Å². The van der Waals surface area contributed by atoms with E-state index in [1.807, 2.05) is 6.07 Å². The molecule has 0 amide bonds. The zero-order valence-corrected chi connectivity index (χ0v) is 15.0. The molecule has 0 N–H and O–H groups in total. The molecule has 0 spiro atoms. The van der Waals surface area contributed by atoms with Gasteiger partial charge in [-0.2, -0.15) is 0 Å². The van der Waals surface area contributed by atoms with Crippen LogP contribution in [0.3, 0.4) is 0 Å². The molecule has 0 aromatic heterocycles. The highest BCUT2D eigenvalue weighted by molar-refractivity contribution is 6.70. The molecule has 0 saturated heterocycles. The minimum Gasteiger partial charge on any atom is -0.547 e. The first-order valence-electron chi connectivity index (χ1n) is 7.39. The lowest BCUT2D eigenvalue weighted by Gasteiger charge is -2.39. The van der Waals surface area contributed by atoms with Crippen molar-refractivity contribution in [2.75, 3.05) is 0 Å². The van der Waals surface area contributed by atoms with Crippen LogP contribution in [0.5, 0.6) is 0 Å². The molecule has 1 unspecified atom stereocenters. The van der Waals surface area contributed by atoms with Crippen molar-refractivity contribution in [3.8, 4) is 0 Å². The molecule has 0 aliphatic heterocycles. The summed E-state index contributed by atoms with van der Waals surface area (Å²) in [5.41, 5.74) is 2.46. The summed E-state index contributed by atoms with van der Waals surface area (Å²) in [6.45, 7) is 11.1. The summed E-state index contributed by atoms with van der Waals surface area (Å²) in [6.07, 6.45) is 5.79. The van der Waals surface area contributed by atoms with Crippen LogP contribution in [0.4, 0.5) is 0 Å². The van der Waals surface area contributed by atoms with Crippen LogP contribution >= 0.6 is 11.6 Å². The van der Waals surface area contributed by atoms with E-state index in [9.17, 15) is 0 Å². The average molecular weight is 309 g/mol. The summed E-state index contributed by atoms with van der Waals surface area (Å²) in [6, 6.07) is 6.38. The molecule has 110 valence electrons. The quantitative estimate of drug-likeness (QED) is 0.639. The van der Waals surface area contributed by atoms with Gasteiger partial charge in [0.15, 0.2) is 0 Å². The monoisotopic (exact) mass is 308 g/mol. The summed E-state index contributed by atoms with van der Waals surface area (Å²) >= 11 is 6.17. The third-order valence-corrected chi connectivity index (χ3v) is 5.22. The minimum absolute atomic E-state index is 0.00607. The van der Waals surface area contributed by atoms with E-state index in [2.05, 4.69) is 51.7 Å². The van der Waals surface area contributed by atoms with Crippen molar-refractivity contribution in [3.05, 3.63) is 46.2 Å². The van der Waals surface area contributed by atoms with Crippen LogP contribution in [0.15, 0.2) is 30.0 Å². The molecule has 2 rings (SSSR count). The van der Waals surface area contributed by atoms with Crippen molar-refractivity contribution in [1.29, 1.82) is 0 Å². The normalized spacial score (nSPS) is 23.4. The van der Waals surface area contributed by atoms with Gasteiger partial charge in [0, 0.05) is 10.4 Å². The fourth-order valence-corrected chi connectivity index (χ4v) is 3.88. The van der Waals surface area contributed by atoms with Gasteiger partial charge >= 0.3 is 0 Å². The molecular formula is C17H25ClOSi. The standard InChI is InChI=1S/C17H25ClOSi/c1-13-12-14(9-10-15(13)18)17(2)11-7-6-8-16(17)19-20(3,4)5/h8-10,12H,6-7,11H2,1-5H3. The van der Waals surface area contributed by atoms with Crippen molar-refractivity contribution in [2.24, 2.45) is 0 Å². The van der Waals surface area contributed by atoms with E-state index in [1.54, 1.807) is 0 Å². The highest BCUT2D eigenvalue weighted by Crippen LogP contribution is 2.42. The number of aryl methyl sites for hydroxylation is 1. The molecule has 1 aliphatic rings. The maximum atomic E-state index is 6.39. The number of halogens is 1. The van der Waals surface area contributed by atoms with Crippen LogP contribution in [0.2, 0.25) is 24.7 Å². The second-order valence-corrected chi connectivity index (χ2v) is 11.8. The van der Waals surface area contributed by atoms with E-state index >= 15 is 0 Å². The number of rotatable bonds is 3. The molecule has 1 aromatic rings. The van der Waals surface area contributed by atoms with E-state index in [-0.39, 0.29) is 5.41 Å².